The van der Waals surface area contributed by atoms with Gasteiger partial charge in [0.15, 0.2) is 0 Å². The van der Waals surface area contributed by atoms with E-state index in [4.69, 9.17) is 9.97 Å². The molecule has 4 aromatic heterocycles. The first kappa shape index (κ1) is 39.7. The highest BCUT2D eigenvalue weighted by Gasteiger charge is 2.21. The number of para-hydroxylation sites is 3. The maximum Gasteiger partial charge on any atom is 0.145 e. The number of benzene rings is 8. The van der Waals surface area contributed by atoms with E-state index in [2.05, 4.69) is 205 Å². The highest BCUT2D eigenvalue weighted by Crippen LogP contribution is 2.46. The summed E-state index contributed by atoms with van der Waals surface area (Å²) in [5.74, 6) is 0.920. The first-order valence-corrected chi connectivity index (χ1v) is 25.9. The van der Waals surface area contributed by atoms with Crippen LogP contribution in [0.15, 0.2) is 188 Å². The summed E-state index contributed by atoms with van der Waals surface area (Å²) < 4.78 is 6.21. The zero-order valence-electron chi connectivity index (χ0n) is 36.9. The van der Waals surface area contributed by atoms with Gasteiger partial charge in [0.05, 0.1) is 21.3 Å². The highest BCUT2D eigenvalue weighted by molar-refractivity contribution is 7.22. The van der Waals surface area contributed by atoms with Crippen LogP contribution in [-0.4, -0.2) is 14.5 Å². The Morgan fingerprint density at radius 1 is 0.397 bits per heavy atom. The molecule has 6 heteroatoms. The molecule has 322 valence electrons. The molecule has 0 atom stereocenters. The van der Waals surface area contributed by atoms with Gasteiger partial charge in [-0.2, -0.15) is 0 Å². The zero-order chi connectivity index (χ0) is 44.7. The fraction of sp³-hybridized carbons (Fsp3) is 0.0645. The van der Waals surface area contributed by atoms with Gasteiger partial charge in [0.1, 0.15) is 10.8 Å². The molecule has 0 N–H and O–H groups in total. The topological polar surface area (TPSA) is 30.7 Å². The van der Waals surface area contributed by atoms with Crippen LogP contribution in [0.4, 0.5) is 0 Å². The van der Waals surface area contributed by atoms with E-state index >= 15 is 0 Å². The molecule has 0 bridgehead atoms. The molecular weight excluding hydrogens is 883 g/mol. The van der Waals surface area contributed by atoms with Crippen LogP contribution in [0.25, 0.3) is 126 Å². The standard InChI is InChI=1S/C62H41N3S3/c1-2-12-44(13-3-1)65-54-21-7-6-20-53(54)63-61(65)42-32-34-43(35-33-42)62-64-57-45(38-24-26-39(27-25-38)46-16-10-18-51-49-14-4-8-22-55(49)66-58(46)51)36-37-48(60(57)68-62)41-30-28-40(29-31-41)47-17-11-19-52-50-15-5-9-23-56(50)67-59(47)52/h1-3,6-13,16-37H,4-5,14-15H2. The average Bonchev–Trinajstić information content (AvgIpc) is 4.21. The summed E-state index contributed by atoms with van der Waals surface area (Å²) in [7, 11) is 0. The first-order chi connectivity index (χ1) is 33.7. The molecule has 2 aliphatic rings. The van der Waals surface area contributed by atoms with E-state index in [9.17, 15) is 0 Å². The third kappa shape index (κ3) is 6.51. The summed E-state index contributed by atoms with van der Waals surface area (Å²) in [6.45, 7) is 0. The average molecular weight is 924 g/mol. The number of allylic oxidation sites excluding steroid dienone is 2. The minimum absolute atomic E-state index is 0.920. The lowest BCUT2D eigenvalue weighted by Crippen LogP contribution is -1.97. The molecule has 4 heterocycles. The summed E-state index contributed by atoms with van der Waals surface area (Å²) >= 11 is 5.63. The molecule has 0 saturated heterocycles. The van der Waals surface area contributed by atoms with Crippen molar-refractivity contribution in [2.45, 2.75) is 25.7 Å². The van der Waals surface area contributed by atoms with Gasteiger partial charge in [0.2, 0.25) is 0 Å². The van der Waals surface area contributed by atoms with Crippen LogP contribution in [0.5, 0.6) is 0 Å². The van der Waals surface area contributed by atoms with Crippen molar-refractivity contribution in [3.8, 4) is 72.2 Å². The maximum atomic E-state index is 5.53. The Kier molecular flexibility index (Phi) is 9.39. The van der Waals surface area contributed by atoms with Crippen molar-refractivity contribution in [3.05, 3.63) is 209 Å². The van der Waals surface area contributed by atoms with Crippen molar-refractivity contribution in [2.24, 2.45) is 0 Å². The van der Waals surface area contributed by atoms with Crippen molar-refractivity contribution < 1.29 is 0 Å². The number of imidazole rings is 1. The van der Waals surface area contributed by atoms with Crippen molar-refractivity contribution in [1.29, 1.82) is 0 Å². The monoisotopic (exact) mass is 923 g/mol. The molecule has 0 unspecified atom stereocenters. The predicted octanol–water partition coefficient (Wildman–Crippen LogP) is 18.0. The van der Waals surface area contributed by atoms with Crippen molar-refractivity contribution in [3.63, 3.8) is 0 Å². The lowest BCUT2D eigenvalue weighted by Gasteiger charge is -2.10. The fourth-order valence-corrected chi connectivity index (χ4v) is 14.3. The van der Waals surface area contributed by atoms with Crippen LogP contribution in [0.2, 0.25) is 0 Å². The smallest absolute Gasteiger partial charge is 0.145 e. The number of nitrogens with zero attached hydrogens (tertiary/aromatic N) is 3. The Bertz CT molecular complexity index is 3810. The molecule has 14 rings (SSSR count). The van der Waals surface area contributed by atoms with Crippen LogP contribution in [0.3, 0.4) is 0 Å². The Hall–Kier alpha value is -7.48. The molecule has 0 fully saturated rings. The number of aromatic nitrogens is 3. The van der Waals surface area contributed by atoms with Crippen LogP contribution in [-0.2, 0) is 12.8 Å². The molecule has 0 radical (unpaired) electrons. The van der Waals surface area contributed by atoms with Gasteiger partial charge in [0.25, 0.3) is 0 Å². The Morgan fingerprint density at radius 2 is 0.912 bits per heavy atom. The molecule has 0 aliphatic heterocycles. The fourth-order valence-electron chi connectivity index (χ4n) is 10.5. The van der Waals surface area contributed by atoms with E-state index in [0.29, 0.717) is 0 Å². The van der Waals surface area contributed by atoms with Gasteiger partial charge in [-0.25, -0.2) is 9.97 Å². The lowest BCUT2D eigenvalue weighted by molar-refractivity contribution is 1.01. The minimum Gasteiger partial charge on any atom is -0.292 e. The van der Waals surface area contributed by atoms with Crippen LogP contribution < -0.4 is 0 Å². The number of hydrogen-bond donors (Lipinski definition) is 0. The van der Waals surface area contributed by atoms with E-state index < -0.39 is 0 Å². The second kappa shape index (κ2) is 16.1. The second-order valence-electron chi connectivity index (χ2n) is 17.8. The van der Waals surface area contributed by atoms with Crippen molar-refractivity contribution in [1.82, 2.24) is 14.5 Å². The molecule has 68 heavy (non-hydrogen) atoms. The van der Waals surface area contributed by atoms with E-state index in [-0.39, 0.29) is 0 Å². The minimum atomic E-state index is 0.920. The molecule has 0 saturated carbocycles. The molecular formula is C62H41N3S3. The highest BCUT2D eigenvalue weighted by atomic mass is 32.1. The number of aryl methyl sites for hydroxylation is 2. The normalized spacial score (nSPS) is 13.2. The quantitative estimate of drug-likeness (QED) is 0.159. The largest absolute Gasteiger partial charge is 0.292 e. The van der Waals surface area contributed by atoms with E-state index in [0.717, 1.165) is 81.0 Å². The summed E-state index contributed by atoms with van der Waals surface area (Å²) in [6.07, 6.45) is 13.7. The van der Waals surface area contributed by atoms with Gasteiger partial charge < -0.3 is 0 Å². The number of thiophene rings is 2. The SMILES string of the molecule is C1=Cc2sc3c(-c4ccc(-c5ccc(-c6ccc(-c7cccc8c9c(sc78)C=CCC9)cc6)c6sc(-c7ccc(-c8nc9ccccc9n8-c8ccccc8)cc7)nc56)cc4)cccc3c2CC1. The van der Waals surface area contributed by atoms with Crippen molar-refractivity contribution >= 4 is 87.6 Å². The second-order valence-corrected chi connectivity index (χ2v) is 20.9. The van der Waals surface area contributed by atoms with E-state index in [1.807, 2.05) is 22.7 Å². The molecule has 0 amide bonds. The summed E-state index contributed by atoms with van der Waals surface area (Å²) in [5, 5.41) is 3.80. The van der Waals surface area contributed by atoms with E-state index in [1.54, 1.807) is 11.3 Å². The Labute approximate surface area is 406 Å². The number of hydrogen-bond acceptors (Lipinski definition) is 5. The number of thiazole rings is 1. The van der Waals surface area contributed by atoms with Crippen LogP contribution in [0, 0.1) is 0 Å². The number of fused-ring (bicyclic) bond motifs is 8. The Morgan fingerprint density at radius 3 is 1.53 bits per heavy atom. The third-order valence-corrected chi connectivity index (χ3v) is 17.5. The summed E-state index contributed by atoms with van der Waals surface area (Å²) in [4.78, 5) is 13.5. The van der Waals surface area contributed by atoms with Crippen LogP contribution in [0.1, 0.15) is 33.7 Å². The van der Waals surface area contributed by atoms with Gasteiger partial charge in [-0.1, -0.05) is 164 Å². The predicted molar refractivity (Wildman–Crippen MR) is 292 cm³/mol. The van der Waals surface area contributed by atoms with Gasteiger partial charge in [-0.05, 0) is 117 Å². The summed E-state index contributed by atoms with van der Waals surface area (Å²) in [5.41, 5.74) is 19.1. The molecule has 8 aromatic carbocycles. The number of rotatable bonds is 7. The molecule has 12 aromatic rings. The van der Waals surface area contributed by atoms with Gasteiger partial charge >= 0.3 is 0 Å². The third-order valence-electron chi connectivity index (χ3n) is 13.9. The summed E-state index contributed by atoms with van der Waals surface area (Å²) in [6, 6.07) is 64.3. The van der Waals surface area contributed by atoms with Gasteiger partial charge in [-0.3, -0.25) is 4.57 Å². The Balaban J connectivity index is 0.867. The molecule has 2 aliphatic carbocycles. The lowest BCUT2D eigenvalue weighted by atomic mass is 9.94. The maximum absolute atomic E-state index is 5.53. The first-order valence-electron chi connectivity index (χ1n) is 23.4. The van der Waals surface area contributed by atoms with Gasteiger partial charge in [0, 0.05) is 47.1 Å². The van der Waals surface area contributed by atoms with Crippen molar-refractivity contribution in [2.75, 3.05) is 0 Å². The zero-order valence-corrected chi connectivity index (χ0v) is 39.4. The van der Waals surface area contributed by atoms with Crippen LogP contribution >= 0.6 is 34.0 Å². The van der Waals surface area contributed by atoms with E-state index in [1.165, 1.54) is 79.1 Å². The molecule has 3 nitrogen and oxygen atoms in total. The van der Waals surface area contributed by atoms with Gasteiger partial charge in [-0.15, -0.1) is 34.0 Å². The molecule has 0 spiro atoms.